The monoisotopic (exact) mass is 349 g/mol. The predicted molar refractivity (Wildman–Crippen MR) is 104 cm³/mol. The van der Waals surface area contributed by atoms with Gasteiger partial charge in [-0.3, -0.25) is 4.79 Å². The Hall–Kier alpha value is -2.53. The molecule has 4 nitrogen and oxygen atoms in total. The van der Waals surface area contributed by atoms with E-state index in [4.69, 9.17) is 0 Å². The van der Waals surface area contributed by atoms with Gasteiger partial charge in [0.25, 0.3) is 0 Å². The molecule has 5 heteroatoms. The van der Waals surface area contributed by atoms with Crippen molar-refractivity contribution in [1.29, 1.82) is 0 Å². The summed E-state index contributed by atoms with van der Waals surface area (Å²) >= 11 is 1.47. The van der Waals surface area contributed by atoms with E-state index < -0.39 is 0 Å². The van der Waals surface area contributed by atoms with Gasteiger partial charge < -0.3 is 9.97 Å². The van der Waals surface area contributed by atoms with Gasteiger partial charge in [0.05, 0.1) is 16.3 Å². The van der Waals surface area contributed by atoms with E-state index >= 15 is 0 Å². The van der Waals surface area contributed by atoms with Crippen LogP contribution in [0.2, 0.25) is 0 Å². The van der Waals surface area contributed by atoms with Crippen LogP contribution in [0, 0.1) is 13.8 Å². The zero-order chi connectivity index (χ0) is 17.6. The standard InChI is InChI=1S/C20H19N3OS/c1-11-8-9-16-17(10-11)23-20(22-16)25-13(3)19(24)18-12(2)21-15-7-5-4-6-14(15)18/h4-10,13,21H,1-3H3,(H,22,23)/t13-/m1/s1. The second-order valence-electron chi connectivity index (χ2n) is 6.36. The molecule has 2 heterocycles. The summed E-state index contributed by atoms with van der Waals surface area (Å²) in [4.78, 5) is 24.2. The molecular formula is C20H19N3OS. The third kappa shape index (κ3) is 2.85. The highest BCUT2D eigenvalue weighted by Gasteiger charge is 2.23. The van der Waals surface area contributed by atoms with Crippen LogP contribution in [0.5, 0.6) is 0 Å². The highest BCUT2D eigenvalue weighted by Crippen LogP contribution is 2.29. The summed E-state index contributed by atoms with van der Waals surface area (Å²) in [6.45, 7) is 5.94. The number of fused-ring (bicyclic) bond motifs is 2. The second-order valence-corrected chi connectivity index (χ2v) is 7.69. The largest absolute Gasteiger partial charge is 0.358 e. The molecule has 126 valence electrons. The van der Waals surface area contributed by atoms with Crippen molar-refractivity contribution in [3.05, 3.63) is 59.3 Å². The summed E-state index contributed by atoms with van der Waals surface area (Å²) in [5.74, 6) is 0.122. The first-order valence-corrected chi connectivity index (χ1v) is 9.15. The molecule has 2 aromatic heterocycles. The molecule has 4 rings (SSSR count). The zero-order valence-electron chi connectivity index (χ0n) is 14.4. The topological polar surface area (TPSA) is 61.5 Å². The average Bonchev–Trinajstić information content (AvgIpc) is 3.12. The number of benzene rings is 2. The number of rotatable bonds is 4. The van der Waals surface area contributed by atoms with Gasteiger partial charge in [-0.05, 0) is 44.5 Å². The number of ketones is 1. The molecule has 2 N–H and O–H groups in total. The van der Waals surface area contributed by atoms with Gasteiger partial charge in [0, 0.05) is 22.2 Å². The molecular weight excluding hydrogens is 330 g/mol. The molecule has 0 aliphatic rings. The lowest BCUT2D eigenvalue weighted by atomic mass is 10.1. The van der Waals surface area contributed by atoms with Gasteiger partial charge in [0.2, 0.25) is 0 Å². The lowest BCUT2D eigenvalue weighted by molar-refractivity contribution is 0.0995. The molecule has 0 spiro atoms. The maximum Gasteiger partial charge on any atom is 0.178 e. The van der Waals surface area contributed by atoms with Crippen molar-refractivity contribution in [2.24, 2.45) is 0 Å². The molecule has 4 aromatic rings. The summed E-state index contributed by atoms with van der Waals surface area (Å²) in [6, 6.07) is 14.0. The molecule has 0 radical (unpaired) electrons. The molecule has 0 saturated heterocycles. The van der Waals surface area contributed by atoms with Gasteiger partial charge in [-0.2, -0.15) is 0 Å². The van der Waals surface area contributed by atoms with Crippen molar-refractivity contribution in [3.8, 4) is 0 Å². The quantitative estimate of drug-likeness (QED) is 0.401. The normalized spacial score (nSPS) is 12.8. The maximum atomic E-state index is 13.0. The van der Waals surface area contributed by atoms with Crippen LogP contribution in [0.1, 0.15) is 28.5 Å². The summed E-state index contributed by atoms with van der Waals surface area (Å²) in [7, 11) is 0. The van der Waals surface area contributed by atoms with E-state index in [-0.39, 0.29) is 11.0 Å². The van der Waals surface area contributed by atoms with Crippen LogP contribution in [-0.2, 0) is 0 Å². The number of aromatic nitrogens is 3. The third-order valence-corrected chi connectivity index (χ3v) is 5.40. The minimum atomic E-state index is -0.223. The molecule has 0 fully saturated rings. The summed E-state index contributed by atoms with van der Waals surface area (Å²) in [5, 5.41) is 1.54. The zero-order valence-corrected chi connectivity index (χ0v) is 15.2. The Balaban J connectivity index is 1.64. The summed E-state index contributed by atoms with van der Waals surface area (Å²) < 4.78 is 0. The Morgan fingerprint density at radius 1 is 1.08 bits per heavy atom. The van der Waals surface area contributed by atoms with Crippen LogP contribution in [0.3, 0.4) is 0 Å². The van der Waals surface area contributed by atoms with Crippen molar-refractivity contribution in [3.63, 3.8) is 0 Å². The molecule has 0 amide bonds. The van der Waals surface area contributed by atoms with Crippen LogP contribution in [0.15, 0.2) is 47.6 Å². The summed E-state index contributed by atoms with van der Waals surface area (Å²) in [5.41, 5.74) is 5.81. The first kappa shape index (κ1) is 16.0. The fourth-order valence-electron chi connectivity index (χ4n) is 3.17. The lowest BCUT2D eigenvalue weighted by Crippen LogP contribution is -2.14. The Kier molecular flexibility index (Phi) is 3.88. The van der Waals surface area contributed by atoms with Crippen LogP contribution < -0.4 is 0 Å². The van der Waals surface area contributed by atoms with Crippen LogP contribution in [0.4, 0.5) is 0 Å². The fraction of sp³-hybridized carbons (Fsp3) is 0.200. The highest BCUT2D eigenvalue weighted by molar-refractivity contribution is 8.00. The van der Waals surface area contributed by atoms with Crippen LogP contribution in [0.25, 0.3) is 21.9 Å². The number of nitrogens with one attached hydrogen (secondary N) is 2. The van der Waals surface area contributed by atoms with Gasteiger partial charge in [-0.15, -0.1) is 0 Å². The Morgan fingerprint density at radius 2 is 1.88 bits per heavy atom. The average molecular weight is 349 g/mol. The minimum absolute atomic E-state index is 0.122. The number of para-hydroxylation sites is 1. The number of thioether (sulfide) groups is 1. The maximum absolute atomic E-state index is 13.0. The molecule has 0 saturated carbocycles. The molecule has 1 atom stereocenters. The molecule has 0 aliphatic carbocycles. The Labute approximate surface area is 150 Å². The Bertz CT molecular complexity index is 1090. The molecule has 0 aliphatic heterocycles. The van der Waals surface area contributed by atoms with E-state index in [0.717, 1.165) is 38.4 Å². The number of carbonyl (C=O) groups is 1. The van der Waals surface area contributed by atoms with Gasteiger partial charge >= 0.3 is 0 Å². The number of hydrogen-bond acceptors (Lipinski definition) is 3. The lowest BCUT2D eigenvalue weighted by Gasteiger charge is -2.08. The van der Waals surface area contributed by atoms with Gasteiger partial charge in [-0.25, -0.2) is 4.98 Å². The van der Waals surface area contributed by atoms with Crippen LogP contribution >= 0.6 is 11.8 Å². The van der Waals surface area contributed by atoms with Crippen molar-refractivity contribution >= 4 is 39.5 Å². The van der Waals surface area contributed by atoms with Crippen molar-refractivity contribution in [2.45, 2.75) is 31.2 Å². The number of imidazole rings is 1. The van der Waals surface area contributed by atoms with Gasteiger partial charge in [0.15, 0.2) is 10.9 Å². The Morgan fingerprint density at radius 3 is 2.72 bits per heavy atom. The van der Waals surface area contributed by atoms with Crippen molar-refractivity contribution < 1.29 is 4.79 Å². The molecule has 0 bridgehead atoms. The van der Waals surface area contributed by atoms with E-state index in [1.807, 2.05) is 50.2 Å². The number of Topliss-reactive ketones (excluding diaryl/α,β-unsaturated/α-hetero) is 1. The van der Waals surface area contributed by atoms with E-state index in [0.29, 0.717) is 0 Å². The van der Waals surface area contributed by atoms with E-state index in [9.17, 15) is 4.79 Å². The minimum Gasteiger partial charge on any atom is -0.358 e. The molecule has 25 heavy (non-hydrogen) atoms. The first-order chi connectivity index (χ1) is 12.0. The number of aromatic amines is 2. The number of nitrogens with zero attached hydrogens (tertiary/aromatic N) is 1. The van der Waals surface area contributed by atoms with Crippen molar-refractivity contribution in [1.82, 2.24) is 15.0 Å². The van der Waals surface area contributed by atoms with E-state index in [1.54, 1.807) is 0 Å². The van der Waals surface area contributed by atoms with Gasteiger partial charge in [0.1, 0.15) is 0 Å². The SMILES string of the molecule is Cc1ccc2nc(S[C@H](C)C(=O)c3c(C)[nH]c4ccccc34)[nH]c2c1. The number of aryl methyl sites for hydroxylation is 2. The highest BCUT2D eigenvalue weighted by atomic mass is 32.2. The fourth-order valence-corrected chi connectivity index (χ4v) is 4.05. The second kappa shape index (κ2) is 6.08. The molecule has 2 aromatic carbocycles. The first-order valence-electron chi connectivity index (χ1n) is 8.27. The van der Waals surface area contributed by atoms with E-state index in [2.05, 4.69) is 27.9 Å². The number of H-pyrrole nitrogens is 2. The predicted octanol–water partition coefficient (Wildman–Crippen LogP) is 5.02. The smallest absolute Gasteiger partial charge is 0.178 e. The van der Waals surface area contributed by atoms with Crippen LogP contribution in [-0.4, -0.2) is 26.0 Å². The summed E-state index contributed by atoms with van der Waals surface area (Å²) in [6.07, 6.45) is 0. The van der Waals surface area contributed by atoms with E-state index in [1.165, 1.54) is 17.3 Å². The number of hydrogen-bond donors (Lipinski definition) is 2. The van der Waals surface area contributed by atoms with Crippen molar-refractivity contribution in [2.75, 3.05) is 0 Å². The van der Waals surface area contributed by atoms with Gasteiger partial charge in [-0.1, -0.05) is 36.0 Å². The molecule has 0 unspecified atom stereocenters. The number of carbonyl (C=O) groups excluding carboxylic acids is 1. The third-order valence-electron chi connectivity index (χ3n) is 4.41.